The molecule has 0 aliphatic heterocycles. The summed E-state index contributed by atoms with van der Waals surface area (Å²) in [5.74, 6) is -1.41. The van der Waals surface area contributed by atoms with Crippen molar-refractivity contribution in [3.05, 3.63) is 45.9 Å². The quantitative estimate of drug-likeness (QED) is 0.724. The minimum absolute atomic E-state index is 0.0594. The highest BCUT2D eigenvalue weighted by molar-refractivity contribution is 7.91. The van der Waals surface area contributed by atoms with Gasteiger partial charge in [0.25, 0.3) is 5.91 Å². The number of carbonyl (C=O) groups excluding carboxylic acids is 1. The molecule has 2 N–H and O–H groups in total. The van der Waals surface area contributed by atoms with Crippen molar-refractivity contribution < 1.29 is 23.1 Å². The number of rotatable bonds is 8. The minimum Gasteiger partial charge on any atom is -0.476 e. The predicted molar refractivity (Wildman–Crippen MR) is 93.6 cm³/mol. The second-order valence-corrected chi connectivity index (χ2v) is 8.36. The summed E-state index contributed by atoms with van der Waals surface area (Å²) < 4.78 is 24.2. The van der Waals surface area contributed by atoms with Crippen molar-refractivity contribution in [3.8, 4) is 0 Å². The van der Waals surface area contributed by atoms with Crippen molar-refractivity contribution in [2.24, 2.45) is 0 Å². The zero-order chi connectivity index (χ0) is 18.4. The van der Waals surface area contributed by atoms with Gasteiger partial charge in [-0.25, -0.2) is 18.2 Å². The van der Waals surface area contributed by atoms with Crippen LogP contribution in [0.4, 0.5) is 0 Å². The van der Waals surface area contributed by atoms with Gasteiger partial charge in [-0.15, -0.1) is 11.3 Å². The van der Waals surface area contributed by atoms with E-state index in [0.29, 0.717) is 17.0 Å². The monoisotopic (exact) mass is 382 g/mol. The van der Waals surface area contributed by atoms with E-state index in [0.717, 1.165) is 17.8 Å². The Morgan fingerprint density at radius 3 is 2.48 bits per heavy atom. The van der Waals surface area contributed by atoms with Gasteiger partial charge in [0, 0.05) is 10.9 Å². The number of aromatic nitrogens is 1. The van der Waals surface area contributed by atoms with Gasteiger partial charge < -0.3 is 10.4 Å². The number of hydrogen-bond acceptors (Lipinski definition) is 6. The van der Waals surface area contributed by atoms with Crippen molar-refractivity contribution in [2.75, 3.05) is 5.75 Å². The van der Waals surface area contributed by atoms with E-state index >= 15 is 0 Å². The van der Waals surface area contributed by atoms with E-state index < -0.39 is 15.8 Å². The maximum atomic E-state index is 12.1. The molecule has 0 atom stereocenters. The Bertz CT molecular complexity index is 857. The van der Waals surface area contributed by atoms with Crippen molar-refractivity contribution in [2.45, 2.75) is 31.2 Å². The zero-order valence-corrected chi connectivity index (χ0v) is 15.2. The largest absolute Gasteiger partial charge is 0.476 e. The summed E-state index contributed by atoms with van der Waals surface area (Å²) in [6.45, 7) is 2.03. The third-order valence-electron chi connectivity index (χ3n) is 3.41. The van der Waals surface area contributed by atoms with E-state index in [1.165, 1.54) is 29.6 Å². The Morgan fingerprint density at radius 2 is 1.92 bits per heavy atom. The third kappa shape index (κ3) is 5.10. The molecule has 0 saturated heterocycles. The van der Waals surface area contributed by atoms with E-state index in [1.54, 1.807) is 0 Å². The fourth-order valence-electron chi connectivity index (χ4n) is 2.01. The van der Waals surface area contributed by atoms with Crippen molar-refractivity contribution in [3.63, 3.8) is 0 Å². The van der Waals surface area contributed by atoms with Crippen LogP contribution in [0.3, 0.4) is 0 Å². The molecule has 2 rings (SSSR count). The van der Waals surface area contributed by atoms with Crippen LogP contribution < -0.4 is 5.32 Å². The SMILES string of the molecule is CCCCS(=O)(=O)c1ccc(C(=O)NCc2nc(C(=O)O)cs2)cc1. The highest BCUT2D eigenvalue weighted by Crippen LogP contribution is 2.15. The molecule has 0 aliphatic carbocycles. The highest BCUT2D eigenvalue weighted by atomic mass is 32.2. The molecule has 9 heteroatoms. The number of carboxylic acids is 1. The van der Waals surface area contributed by atoms with Crippen LogP contribution in [0.15, 0.2) is 34.5 Å². The average molecular weight is 382 g/mol. The van der Waals surface area contributed by atoms with Gasteiger partial charge in [-0.1, -0.05) is 13.3 Å². The summed E-state index contributed by atoms with van der Waals surface area (Å²) >= 11 is 1.14. The summed E-state index contributed by atoms with van der Waals surface area (Å²) in [5, 5.41) is 13.3. The lowest BCUT2D eigenvalue weighted by Gasteiger charge is -2.06. The van der Waals surface area contributed by atoms with E-state index in [1.807, 2.05) is 6.92 Å². The van der Waals surface area contributed by atoms with Crippen LogP contribution in [0.1, 0.15) is 45.6 Å². The number of carbonyl (C=O) groups is 2. The van der Waals surface area contributed by atoms with Crippen molar-refractivity contribution in [1.29, 1.82) is 0 Å². The molecule has 134 valence electrons. The Labute approximate surface area is 149 Å². The molecule has 0 aliphatic rings. The zero-order valence-electron chi connectivity index (χ0n) is 13.6. The van der Waals surface area contributed by atoms with E-state index in [2.05, 4.69) is 10.3 Å². The number of thiazole rings is 1. The summed E-state index contributed by atoms with van der Waals surface area (Å²) in [6, 6.07) is 5.76. The van der Waals surface area contributed by atoms with Crippen molar-refractivity contribution >= 4 is 33.1 Å². The highest BCUT2D eigenvalue weighted by Gasteiger charge is 2.15. The first-order valence-electron chi connectivity index (χ1n) is 7.62. The molecule has 1 heterocycles. The molecule has 0 saturated carbocycles. The molecule has 0 fully saturated rings. The molecular weight excluding hydrogens is 364 g/mol. The number of nitrogens with zero attached hydrogens (tertiary/aromatic N) is 1. The Balaban J connectivity index is 1.99. The van der Waals surface area contributed by atoms with Crippen LogP contribution in [0, 0.1) is 0 Å². The number of nitrogens with one attached hydrogen (secondary N) is 1. The van der Waals surface area contributed by atoms with Gasteiger partial charge in [0.2, 0.25) is 0 Å². The van der Waals surface area contributed by atoms with Crippen LogP contribution >= 0.6 is 11.3 Å². The molecule has 0 spiro atoms. The van der Waals surface area contributed by atoms with Crippen LogP contribution in [0.25, 0.3) is 0 Å². The van der Waals surface area contributed by atoms with Crippen LogP contribution in [-0.2, 0) is 16.4 Å². The summed E-state index contributed by atoms with van der Waals surface area (Å²) in [5.41, 5.74) is 0.264. The van der Waals surface area contributed by atoms with Crippen LogP contribution in [-0.4, -0.2) is 36.1 Å². The lowest BCUT2D eigenvalue weighted by Crippen LogP contribution is -2.22. The topological polar surface area (TPSA) is 113 Å². The fourth-order valence-corrected chi connectivity index (χ4v) is 4.18. The smallest absolute Gasteiger partial charge is 0.355 e. The lowest BCUT2D eigenvalue weighted by atomic mass is 10.2. The van der Waals surface area contributed by atoms with Crippen molar-refractivity contribution in [1.82, 2.24) is 10.3 Å². The maximum Gasteiger partial charge on any atom is 0.355 e. The van der Waals surface area contributed by atoms with Gasteiger partial charge in [0.05, 0.1) is 17.2 Å². The number of amides is 1. The molecular formula is C16H18N2O5S2. The van der Waals surface area contributed by atoms with E-state index in [9.17, 15) is 18.0 Å². The Kier molecular flexibility index (Phi) is 6.27. The molecule has 1 amide bonds. The van der Waals surface area contributed by atoms with Gasteiger partial charge >= 0.3 is 5.97 Å². The lowest BCUT2D eigenvalue weighted by molar-refractivity contribution is 0.0691. The van der Waals surface area contributed by atoms with Crippen LogP contribution in [0.2, 0.25) is 0 Å². The minimum atomic E-state index is -3.32. The van der Waals surface area contributed by atoms with Gasteiger partial charge in [-0.3, -0.25) is 4.79 Å². The molecule has 25 heavy (non-hydrogen) atoms. The van der Waals surface area contributed by atoms with Crippen LogP contribution in [0.5, 0.6) is 0 Å². The maximum absolute atomic E-state index is 12.1. The van der Waals surface area contributed by atoms with Gasteiger partial charge in [0.1, 0.15) is 5.01 Å². The third-order valence-corrected chi connectivity index (χ3v) is 6.08. The molecule has 0 bridgehead atoms. The molecule has 0 unspecified atom stereocenters. The summed E-state index contributed by atoms with van der Waals surface area (Å²) in [7, 11) is -3.32. The number of aromatic carboxylic acids is 1. The Morgan fingerprint density at radius 1 is 1.24 bits per heavy atom. The summed E-state index contributed by atoms with van der Waals surface area (Å²) in [6.07, 6.45) is 1.39. The number of sulfone groups is 1. The number of hydrogen-bond donors (Lipinski definition) is 2. The molecule has 7 nitrogen and oxygen atoms in total. The molecule has 0 radical (unpaired) electrons. The summed E-state index contributed by atoms with van der Waals surface area (Å²) in [4.78, 5) is 26.9. The normalized spacial score (nSPS) is 11.2. The molecule has 2 aromatic rings. The van der Waals surface area contributed by atoms with Gasteiger partial charge in [-0.05, 0) is 30.7 Å². The number of unbranched alkanes of at least 4 members (excludes halogenated alkanes) is 1. The van der Waals surface area contributed by atoms with Gasteiger partial charge in [0.15, 0.2) is 15.5 Å². The second kappa shape index (κ2) is 8.21. The standard InChI is InChI=1S/C16H18N2O5S2/c1-2-3-8-25(22,23)12-6-4-11(5-7-12)15(19)17-9-14-18-13(10-24-14)16(20)21/h4-7,10H,2-3,8-9H2,1H3,(H,17,19)(H,20,21). The number of carboxylic acid groups (broad SMARTS) is 1. The average Bonchev–Trinajstić information content (AvgIpc) is 3.07. The first-order valence-corrected chi connectivity index (χ1v) is 10.2. The second-order valence-electron chi connectivity index (χ2n) is 5.31. The molecule has 1 aromatic carbocycles. The van der Waals surface area contributed by atoms with Gasteiger partial charge in [-0.2, -0.15) is 0 Å². The van der Waals surface area contributed by atoms with E-state index in [4.69, 9.17) is 5.11 Å². The fraction of sp³-hybridized carbons (Fsp3) is 0.312. The predicted octanol–water partition coefficient (Wildman–Crippen LogP) is 2.35. The van der Waals surface area contributed by atoms with E-state index in [-0.39, 0.29) is 28.8 Å². The first-order chi connectivity index (χ1) is 11.8. The number of benzene rings is 1. The Hall–Kier alpha value is -2.26. The molecule has 1 aromatic heterocycles. The first kappa shape index (κ1) is 19.1.